The maximum absolute atomic E-state index is 12.1. The van der Waals surface area contributed by atoms with E-state index >= 15 is 0 Å². The molecule has 2 aliphatic heterocycles. The Kier molecular flexibility index (Phi) is 7.71. The molecule has 0 radical (unpaired) electrons. The summed E-state index contributed by atoms with van der Waals surface area (Å²) in [5.74, 6) is 4.80. The Hall–Kier alpha value is -3.71. The molecule has 4 N–H and O–H groups in total. The second-order valence-electron chi connectivity index (χ2n) is 11.2. The van der Waals surface area contributed by atoms with E-state index in [0.29, 0.717) is 12.5 Å². The van der Waals surface area contributed by atoms with E-state index in [4.69, 9.17) is 5.73 Å². The second-order valence-corrected chi connectivity index (χ2v) is 11.2. The third-order valence-corrected chi connectivity index (χ3v) is 8.52. The summed E-state index contributed by atoms with van der Waals surface area (Å²) in [4.78, 5) is 33.5. The highest BCUT2D eigenvalue weighted by molar-refractivity contribution is 5.96. The predicted molar refractivity (Wildman–Crippen MR) is 151 cm³/mol. The molecule has 2 saturated heterocycles. The lowest BCUT2D eigenvalue weighted by atomic mass is 9.74. The van der Waals surface area contributed by atoms with Crippen LogP contribution in [-0.4, -0.2) is 69.7 Å². The highest BCUT2D eigenvalue weighted by Crippen LogP contribution is 2.39. The first-order chi connectivity index (χ1) is 18.8. The Balaban J connectivity index is 1.31. The van der Waals surface area contributed by atoms with Crippen LogP contribution in [-0.2, 0) is 10.2 Å². The fraction of sp³-hybridized carbons (Fsp3) is 0.552. The normalized spacial score (nSPS) is 22.9. The standard InChI is InChI=1S/C29H38N8O2/c1-4-6-24(38)32-23-7-5-16-37(19(23)2)28-33-27(25(26(30)39)34-35-28)31-21-10-8-20(9-11-21)29(3)14-17-36(18-15-29)22-12-13-22/h8-11,19,22-23H,5,7,12-18H2,1-3H3,(H2,30,39)(H,32,38)(H,31,33,35)/t19-,23-/m1/s1. The molecule has 0 unspecified atom stereocenters. The first-order valence-corrected chi connectivity index (χ1v) is 13.9. The van der Waals surface area contributed by atoms with E-state index in [-0.39, 0.29) is 34.9 Å². The highest BCUT2D eigenvalue weighted by atomic mass is 16.2. The van der Waals surface area contributed by atoms with Crippen molar-refractivity contribution in [2.75, 3.05) is 29.9 Å². The Morgan fingerprint density at radius 3 is 2.44 bits per heavy atom. The van der Waals surface area contributed by atoms with Crippen LogP contribution in [0.1, 0.15) is 75.3 Å². The van der Waals surface area contributed by atoms with Crippen LogP contribution in [0, 0.1) is 11.8 Å². The molecule has 3 fully saturated rings. The number of carbonyl (C=O) groups is 2. The van der Waals surface area contributed by atoms with Gasteiger partial charge >= 0.3 is 0 Å². The van der Waals surface area contributed by atoms with Crippen molar-refractivity contribution in [3.8, 4) is 11.8 Å². The van der Waals surface area contributed by atoms with E-state index in [1.54, 1.807) is 6.92 Å². The zero-order valence-corrected chi connectivity index (χ0v) is 23.0. The predicted octanol–water partition coefficient (Wildman–Crippen LogP) is 2.73. The molecule has 2 aromatic rings. The molecule has 206 valence electrons. The summed E-state index contributed by atoms with van der Waals surface area (Å²) < 4.78 is 0. The molecule has 1 saturated carbocycles. The molecule has 2 atom stereocenters. The third kappa shape index (κ3) is 5.98. The molecule has 10 nitrogen and oxygen atoms in total. The largest absolute Gasteiger partial charge is 0.364 e. The summed E-state index contributed by atoms with van der Waals surface area (Å²) >= 11 is 0. The summed E-state index contributed by atoms with van der Waals surface area (Å²) in [6.07, 6.45) is 6.69. The summed E-state index contributed by atoms with van der Waals surface area (Å²) in [5.41, 5.74) is 7.86. The number of nitrogens with one attached hydrogen (secondary N) is 2. The number of aromatic nitrogens is 3. The van der Waals surface area contributed by atoms with Gasteiger partial charge in [-0.25, -0.2) is 0 Å². The lowest BCUT2D eigenvalue weighted by Gasteiger charge is -2.40. The quantitative estimate of drug-likeness (QED) is 0.466. The van der Waals surface area contributed by atoms with E-state index in [9.17, 15) is 9.59 Å². The molecule has 0 spiro atoms. The summed E-state index contributed by atoms with van der Waals surface area (Å²) in [6.45, 7) is 9.02. The van der Waals surface area contributed by atoms with Crippen LogP contribution >= 0.6 is 0 Å². The maximum Gasteiger partial charge on any atom is 0.296 e. The minimum atomic E-state index is -0.703. The molecule has 1 aliphatic carbocycles. The van der Waals surface area contributed by atoms with Crippen molar-refractivity contribution in [3.63, 3.8) is 0 Å². The number of likely N-dealkylation sites (tertiary alicyclic amines) is 1. The van der Waals surface area contributed by atoms with Crippen LogP contribution in [0.15, 0.2) is 24.3 Å². The first-order valence-electron chi connectivity index (χ1n) is 13.9. The minimum absolute atomic E-state index is 0.0185. The van der Waals surface area contributed by atoms with Gasteiger partial charge in [-0.1, -0.05) is 25.0 Å². The van der Waals surface area contributed by atoms with Gasteiger partial charge in [0.15, 0.2) is 11.5 Å². The molecule has 0 bridgehead atoms. The van der Waals surface area contributed by atoms with Crippen LogP contribution in [0.5, 0.6) is 0 Å². The summed E-state index contributed by atoms with van der Waals surface area (Å²) in [5, 5.41) is 14.6. The fourth-order valence-corrected chi connectivity index (χ4v) is 5.83. The number of hydrogen-bond donors (Lipinski definition) is 3. The van der Waals surface area contributed by atoms with Gasteiger partial charge in [-0.3, -0.25) is 9.59 Å². The number of amides is 2. The van der Waals surface area contributed by atoms with Crippen molar-refractivity contribution in [1.29, 1.82) is 0 Å². The minimum Gasteiger partial charge on any atom is -0.364 e. The monoisotopic (exact) mass is 530 g/mol. The van der Waals surface area contributed by atoms with E-state index in [1.807, 2.05) is 24.0 Å². The lowest BCUT2D eigenvalue weighted by Crippen LogP contribution is -2.54. The number of nitrogens with two attached hydrogens (primary N) is 1. The second kappa shape index (κ2) is 11.2. The van der Waals surface area contributed by atoms with Crippen molar-refractivity contribution < 1.29 is 9.59 Å². The molecule has 10 heteroatoms. The average Bonchev–Trinajstić information content (AvgIpc) is 3.76. The number of carbonyl (C=O) groups excluding carboxylic acids is 2. The molecular formula is C29H38N8O2. The van der Waals surface area contributed by atoms with Crippen molar-refractivity contribution >= 4 is 29.3 Å². The molecule has 3 heterocycles. The molecule has 2 amide bonds. The topological polar surface area (TPSA) is 129 Å². The van der Waals surface area contributed by atoms with Gasteiger partial charge in [-0.05, 0) is 94.5 Å². The van der Waals surface area contributed by atoms with E-state index in [1.165, 1.54) is 18.4 Å². The fourth-order valence-electron chi connectivity index (χ4n) is 5.83. The number of primary amides is 1. The number of rotatable bonds is 7. The highest BCUT2D eigenvalue weighted by Gasteiger charge is 2.37. The summed E-state index contributed by atoms with van der Waals surface area (Å²) in [7, 11) is 0. The van der Waals surface area contributed by atoms with Crippen molar-refractivity contribution in [3.05, 3.63) is 35.5 Å². The van der Waals surface area contributed by atoms with E-state index in [2.05, 4.69) is 61.6 Å². The van der Waals surface area contributed by atoms with Crippen LogP contribution in [0.25, 0.3) is 0 Å². The molecule has 3 aliphatic rings. The van der Waals surface area contributed by atoms with Crippen molar-refractivity contribution in [2.45, 2.75) is 82.8 Å². The Bertz CT molecular complexity index is 1270. The van der Waals surface area contributed by atoms with Crippen LogP contribution < -0.4 is 21.3 Å². The van der Waals surface area contributed by atoms with E-state index < -0.39 is 5.91 Å². The summed E-state index contributed by atoms with van der Waals surface area (Å²) in [6, 6.07) is 8.99. The van der Waals surface area contributed by atoms with Gasteiger partial charge in [0.2, 0.25) is 5.95 Å². The number of nitrogens with zero attached hydrogens (tertiary/aromatic N) is 5. The van der Waals surface area contributed by atoms with E-state index in [0.717, 1.165) is 50.5 Å². The van der Waals surface area contributed by atoms with Gasteiger partial charge in [-0.2, -0.15) is 4.98 Å². The Morgan fingerprint density at radius 2 is 1.79 bits per heavy atom. The lowest BCUT2D eigenvalue weighted by molar-refractivity contribution is -0.116. The van der Waals surface area contributed by atoms with Crippen LogP contribution in [0.3, 0.4) is 0 Å². The number of benzene rings is 1. The average molecular weight is 531 g/mol. The van der Waals surface area contributed by atoms with Gasteiger partial charge < -0.3 is 26.2 Å². The van der Waals surface area contributed by atoms with Crippen LogP contribution in [0.4, 0.5) is 17.5 Å². The number of hydrogen-bond acceptors (Lipinski definition) is 8. The number of anilines is 3. The smallest absolute Gasteiger partial charge is 0.296 e. The van der Waals surface area contributed by atoms with Crippen molar-refractivity contribution in [2.24, 2.45) is 5.73 Å². The van der Waals surface area contributed by atoms with Gasteiger partial charge in [0, 0.05) is 30.4 Å². The molecule has 5 rings (SSSR count). The maximum atomic E-state index is 12.1. The Labute approximate surface area is 230 Å². The van der Waals surface area contributed by atoms with Gasteiger partial charge in [0.25, 0.3) is 11.8 Å². The zero-order chi connectivity index (χ0) is 27.6. The zero-order valence-electron chi connectivity index (χ0n) is 23.0. The van der Waals surface area contributed by atoms with Crippen LogP contribution in [0.2, 0.25) is 0 Å². The van der Waals surface area contributed by atoms with Crippen molar-refractivity contribution in [1.82, 2.24) is 25.4 Å². The van der Waals surface area contributed by atoms with Gasteiger partial charge in [0.1, 0.15) is 0 Å². The SMILES string of the molecule is CC#CC(=O)N[C@@H]1CCCN(c2nnc(C(N)=O)c(Nc3ccc(C4(C)CCN(C5CC5)CC4)cc3)n2)[C@@H]1C. The first kappa shape index (κ1) is 26.9. The third-order valence-electron chi connectivity index (χ3n) is 8.52. The van der Waals surface area contributed by atoms with Gasteiger partial charge in [0.05, 0.1) is 0 Å². The molecule has 1 aromatic carbocycles. The molecule has 39 heavy (non-hydrogen) atoms. The molecular weight excluding hydrogens is 492 g/mol. The number of piperidine rings is 2. The van der Waals surface area contributed by atoms with Gasteiger partial charge in [-0.15, -0.1) is 10.2 Å². The Morgan fingerprint density at radius 1 is 1.08 bits per heavy atom. The molecule has 1 aromatic heterocycles.